The first kappa shape index (κ1) is 14.3. The molecule has 2 aromatic heterocycles. The van der Waals surface area contributed by atoms with Gasteiger partial charge in [0.1, 0.15) is 5.01 Å². The fraction of sp³-hybridized carbons (Fsp3) is 0.533. The maximum atomic E-state index is 4.58. The summed E-state index contributed by atoms with van der Waals surface area (Å²) in [6.07, 6.45) is 4.35. The number of rotatable bonds is 6. The first-order valence-corrected chi connectivity index (χ1v) is 7.64. The Morgan fingerprint density at radius 3 is 2.79 bits per heavy atom. The van der Waals surface area contributed by atoms with E-state index in [1.807, 2.05) is 0 Å². The molecule has 0 atom stereocenters. The highest BCUT2D eigenvalue weighted by Crippen LogP contribution is 2.17. The molecule has 0 spiro atoms. The number of aromatic nitrogens is 2. The van der Waals surface area contributed by atoms with Crippen LogP contribution in [-0.4, -0.2) is 16.1 Å². The molecule has 0 radical (unpaired) electrons. The monoisotopic (exact) mass is 277 g/mol. The third-order valence-corrected chi connectivity index (χ3v) is 4.14. The standard InChI is InChI=1S/C15H23N3S/c1-11(2)7-16-8-14-5-6-18(9-14)10-15-17-12(3)13(4)19-15/h5-6,9,11,16H,7-8,10H2,1-4H3. The van der Waals surface area contributed by atoms with E-state index in [-0.39, 0.29) is 0 Å². The predicted octanol–water partition coefficient (Wildman–Crippen LogP) is 3.36. The van der Waals surface area contributed by atoms with Crippen LogP contribution in [-0.2, 0) is 13.1 Å². The molecule has 0 aliphatic rings. The lowest BCUT2D eigenvalue weighted by Gasteiger charge is -2.05. The third-order valence-electron chi connectivity index (χ3n) is 3.08. The smallest absolute Gasteiger partial charge is 0.113 e. The Morgan fingerprint density at radius 1 is 1.37 bits per heavy atom. The van der Waals surface area contributed by atoms with E-state index in [1.54, 1.807) is 11.3 Å². The lowest BCUT2D eigenvalue weighted by molar-refractivity contribution is 0.552. The molecule has 3 nitrogen and oxygen atoms in total. The molecular formula is C15H23N3S. The van der Waals surface area contributed by atoms with Crippen molar-refractivity contribution in [2.24, 2.45) is 5.92 Å². The molecule has 0 fully saturated rings. The van der Waals surface area contributed by atoms with Crippen LogP contribution in [0.1, 0.15) is 35.0 Å². The van der Waals surface area contributed by atoms with E-state index in [1.165, 1.54) is 15.4 Å². The first-order valence-electron chi connectivity index (χ1n) is 6.83. The normalized spacial score (nSPS) is 11.4. The van der Waals surface area contributed by atoms with Gasteiger partial charge in [-0.1, -0.05) is 13.8 Å². The Balaban J connectivity index is 1.90. The quantitative estimate of drug-likeness (QED) is 0.877. The van der Waals surface area contributed by atoms with E-state index in [2.05, 4.69) is 61.0 Å². The zero-order chi connectivity index (χ0) is 13.8. The molecule has 0 aliphatic carbocycles. The highest BCUT2D eigenvalue weighted by Gasteiger charge is 2.05. The number of nitrogens with one attached hydrogen (secondary N) is 1. The van der Waals surface area contributed by atoms with Crippen molar-refractivity contribution in [3.63, 3.8) is 0 Å². The molecule has 19 heavy (non-hydrogen) atoms. The zero-order valence-electron chi connectivity index (χ0n) is 12.2. The van der Waals surface area contributed by atoms with Crippen molar-refractivity contribution in [1.82, 2.24) is 14.9 Å². The molecule has 0 aromatic carbocycles. The highest BCUT2D eigenvalue weighted by atomic mass is 32.1. The van der Waals surface area contributed by atoms with Crippen molar-refractivity contribution in [3.8, 4) is 0 Å². The third kappa shape index (κ3) is 4.18. The zero-order valence-corrected chi connectivity index (χ0v) is 13.0. The molecule has 0 saturated carbocycles. The van der Waals surface area contributed by atoms with Gasteiger partial charge >= 0.3 is 0 Å². The topological polar surface area (TPSA) is 29.9 Å². The van der Waals surface area contributed by atoms with Crippen LogP contribution in [0.2, 0.25) is 0 Å². The fourth-order valence-corrected chi connectivity index (χ4v) is 2.90. The minimum absolute atomic E-state index is 0.698. The van der Waals surface area contributed by atoms with Gasteiger partial charge in [0.05, 0.1) is 12.2 Å². The van der Waals surface area contributed by atoms with Crippen LogP contribution in [0.4, 0.5) is 0 Å². The van der Waals surface area contributed by atoms with Crippen LogP contribution in [0.15, 0.2) is 18.5 Å². The SMILES string of the molecule is Cc1nc(Cn2ccc(CNCC(C)C)c2)sc1C. The van der Waals surface area contributed by atoms with E-state index < -0.39 is 0 Å². The van der Waals surface area contributed by atoms with Crippen LogP contribution in [0, 0.1) is 19.8 Å². The molecule has 0 amide bonds. The molecule has 0 saturated heterocycles. The summed E-state index contributed by atoms with van der Waals surface area (Å²) in [6, 6.07) is 2.18. The van der Waals surface area contributed by atoms with Crippen LogP contribution >= 0.6 is 11.3 Å². The minimum Gasteiger partial charge on any atom is -0.347 e. The molecule has 1 N–H and O–H groups in total. The summed E-state index contributed by atoms with van der Waals surface area (Å²) in [7, 11) is 0. The Morgan fingerprint density at radius 2 is 2.16 bits per heavy atom. The van der Waals surface area contributed by atoms with Crippen LogP contribution in [0.5, 0.6) is 0 Å². The van der Waals surface area contributed by atoms with Crippen molar-refractivity contribution < 1.29 is 0 Å². The summed E-state index contributed by atoms with van der Waals surface area (Å²) in [5.74, 6) is 0.698. The largest absolute Gasteiger partial charge is 0.347 e. The van der Waals surface area contributed by atoms with E-state index in [0.29, 0.717) is 5.92 Å². The average Bonchev–Trinajstić information content (AvgIpc) is 2.87. The van der Waals surface area contributed by atoms with Gasteiger partial charge in [0.25, 0.3) is 0 Å². The molecule has 0 bridgehead atoms. The van der Waals surface area contributed by atoms with Crippen LogP contribution in [0.3, 0.4) is 0 Å². The van der Waals surface area contributed by atoms with Gasteiger partial charge in [-0.05, 0) is 37.9 Å². The summed E-state index contributed by atoms with van der Waals surface area (Å²) in [5.41, 5.74) is 2.50. The number of hydrogen-bond donors (Lipinski definition) is 1. The molecule has 2 rings (SSSR count). The van der Waals surface area contributed by atoms with Crippen molar-refractivity contribution in [3.05, 3.63) is 39.6 Å². The maximum absolute atomic E-state index is 4.58. The van der Waals surface area contributed by atoms with Gasteiger partial charge in [-0.15, -0.1) is 11.3 Å². The molecule has 0 unspecified atom stereocenters. The summed E-state index contributed by atoms with van der Waals surface area (Å²) in [4.78, 5) is 5.90. The Hall–Kier alpha value is -1.13. The Bertz CT molecular complexity index is 506. The number of hydrogen-bond acceptors (Lipinski definition) is 3. The highest BCUT2D eigenvalue weighted by molar-refractivity contribution is 7.11. The molecule has 0 aliphatic heterocycles. The van der Waals surface area contributed by atoms with Crippen molar-refractivity contribution in [1.29, 1.82) is 0 Å². The molecular weight excluding hydrogens is 254 g/mol. The van der Waals surface area contributed by atoms with Gasteiger partial charge in [-0.25, -0.2) is 4.98 Å². The van der Waals surface area contributed by atoms with Crippen molar-refractivity contribution >= 4 is 11.3 Å². The second-order valence-corrected chi connectivity index (χ2v) is 6.75. The van der Waals surface area contributed by atoms with Gasteiger partial charge in [0, 0.05) is 23.8 Å². The van der Waals surface area contributed by atoms with E-state index >= 15 is 0 Å². The van der Waals surface area contributed by atoms with Gasteiger partial charge < -0.3 is 9.88 Å². The Labute approximate surface area is 119 Å². The second-order valence-electron chi connectivity index (χ2n) is 5.47. The summed E-state index contributed by atoms with van der Waals surface area (Å²) < 4.78 is 2.21. The lowest BCUT2D eigenvalue weighted by Crippen LogP contribution is -2.18. The van der Waals surface area contributed by atoms with Crippen molar-refractivity contribution in [2.45, 2.75) is 40.8 Å². The maximum Gasteiger partial charge on any atom is 0.113 e. The number of nitrogens with zero attached hydrogens (tertiary/aromatic N) is 2. The van der Waals surface area contributed by atoms with E-state index in [4.69, 9.17) is 0 Å². The summed E-state index contributed by atoms with van der Waals surface area (Å²) in [6.45, 7) is 11.6. The molecule has 2 aromatic rings. The number of thiazole rings is 1. The van der Waals surface area contributed by atoms with Gasteiger partial charge in [-0.3, -0.25) is 0 Å². The average molecular weight is 277 g/mol. The molecule has 2 heterocycles. The Kier molecular flexibility index (Phi) is 4.77. The number of aryl methyl sites for hydroxylation is 2. The first-order chi connectivity index (χ1) is 9.04. The van der Waals surface area contributed by atoms with Gasteiger partial charge in [-0.2, -0.15) is 0 Å². The minimum atomic E-state index is 0.698. The van der Waals surface area contributed by atoms with Crippen LogP contribution < -0.4 is 5.32 Å². The summed E-state index contributed by atoms with van der Waals surface area (Å²) >= 11 is 1.79. The van der Waals surface area contributed by atoms with Gasteiger partial charge in [0.15, 0.2) is 0 Å². The lowest BCUT2D eigenvalue weighted by atomic mass is 10.2. The van der Waals surface area contributed by atoms with Gasteiger partial charge in [0.2, 0.25) is 0 Å². The van der Waals surface area contributed by atoms with Crippen molar-refractivity contribution in [2.75, 3.05) is 6.54 Å². The van der Waals surface area contributed by atoms with Crippen LogP contribution in [0.25, 0.3) is 0 Å². The molecule has 4 heteroatoms. The molecule has 104 valence electrons. The van der Waals surface area contributed by atoms with E-state index in [0.717, 1.165) is 25.3 Å². The fourth-order valence-electron chi connectivity index (χ4n) is 1.96. The second kappa shape index (κ2) is 6.35. The van der Waals surface area contributed by atoms with E-state index in [9.17, 15) is 0 Å². The summed E-state index contributed by atoms with van der Waals surface area (Å²) in [5, 5.41) is 4.65. The predicted molar refractivity (Wildman–Crippen MR) is 81.7 cm³/mol.